The molecule has 0 spiro atoms. The summed E-state index contributed by atoms with van der Waals surface area (Å²) in [5.41, 5.74) is 9.56. The number of esters is 1. The van der Waals surface area contributed by atoms with E-state index < -0.39 is 23.5 Å². The highest BCUT2D eigenvalue weighted by molar-refractivity contribution is 5.80. The summed E-state index contributed by atoms with van der Waals surface area (Å²) in [6.45, 7) is 5.19. The average molecular weight is 203 g/mol. The Morgan fingerprint density at radius 3 is 2.36 bits per heavy atom. The zero-order valence-corrected chi connectivity index (χ0v) is 8.79. The van der Waals surface area contributed by atoms with Crippen LogP contribution in [-0.2, 0) is 14.3 Å². The Labute approximate surface area is 85.2 Å². The highest BCUT2D eigenvalue weighted by Gasteiger charge is 2.18. The molecule has 0 aromatic rings. The van der Waals surface area contributed by atoms with Crippen molar-refractivity contribution < 1.29 is 15.7 Å². The van der Waals surface area contributed by atoms with E-state index in [1.54, 1.807) is 20.8 Å². The lowest BCUT2D eigenvalue weighted by molar-refractivity contribution is -0.155. The predicted molar refractivity (Wildman–Crippen MR) is 52.2 cm³/mol. The molecule has 0 fully saturated rings. The van der Waals surface area contributed by atoms with E-state index in [-0.39, 0.29) is 12.8 Å². The molecule has 0 bridgehead atoms. The van der Waals surface area contributed by atoms with Gasteiger partial charge in [0.2, 0.25) is 5.91 Å². The fourth-order valence-corrected chi connectivity index (χ4v) is 0.752. The fourth-order valence-electron chi connectivity index (χ4n) is 0.752. The van der Waals surface area contributed by atoms with Gasteiger partial charge in [-0.05, 0) is 27.2 Å². The standard InChI is InChI=1S/C9H18N2O3/c1-9(2,3)14-7(12)5-4-6(10)8(11)13/h6H,4-5,10H2,1-3H3,(H2,11,13)/t6-/m0/s1/i6D. The molecule has 0 heterocycles. The highest BCUT2D eigenvalue weighted by atomic mass is 16.6. The molecule has 0 saturated carbocycles. The number of hydrogen-bond acceptors (Lipinski definition) is 4. The lowest BCUT2D eigenvalue weighted by atomic mass is 10.1. The monoisotopic (exact) mass is 203 g/mol. The van der Waals surface area contributed by atoms with Gasteiger partial charge in [-0.25, -0.2) is 0 Å². The Hall–Kier alpha value is -1.10. The van der Waals surface area contributed by atoms with Crippen LogP contribution in [0.4, 0.5) is 0 Å². The van der Waals surface area contributed by atoms with E-state index >= 15 is 0 Å². The van der Waals surface area contributed by atoms with Crippen LogP contribution in [0.25, 0.3) is 0 Å². The first-order chi connectivity index (χ1) is 6.54. The molecule has 0 unspecified atom stereocenters. The van der Waals surface area contributed by atoms with Crippen molar-refractivity contribution in [2.45, 2.75) is 45.2 Å². The smallest absolute Gasteiger partial charge is 0.306 e. The van der Waals surface area contributed by atoms with E-state index in [4.69, 9.17) is 17.6 Å². The Morgan fingerprint density at radius 1 is 1.50 bits per heavy atom. The number of ether oxygens (including phenoxy) is 1. The van der Waals surface area contributed by atoms with Crippen LogP contribution in [0.15, 0.2) is 0 Å². The van der Waals surface area contributed by atoms with Gasteiger partial charge in [0.05, 0.1) is 7.39 Å². The van der Waals surface area contributed by atoms with Gasteiger partial charge in [-0.15, -0.1) is 0 Å². The second-order valence-corrected chi connectivity index (χ2v) is 3.98. The topological polar surface area (TPSA) is 95.4 Å². The Bertz CT molecular complexity index is 259. The summed E-state index contributed by atoms with van der Waals surface area (Å²) in [5, 5.41) is 0. The molecule has 0 aromatic carbocycles. The third kappa shape index (κ3) is 6.42. The van der Waals surface area contributed by atoms with E-state index in [2.05, 4.69) is 0 Å². The quantitative estimate of drug-likeness (QED) is 0.625. The summed E-state index contributed by atoms with van der Waals surface area (Å²) in [6, 6.07) is -1.91. The van der Waals surface area contributed by atoms with Crippen molar-refractivity contribution in [1.82, 2.24) is 0 Å². The molecule has 0 rings (SSSR count). The van der Waals surface area contributed by atoms with Crippen LogP contribution < -0.4 is 11.5 Å². The van der Waals surface area contributed by atoms with Crippen LogP contribution in [0, 0.1) is 0 Å². The van der Waals surface area contributed by atoms with Gasteiger partial charge in [0.25, 0.3) is 0 Å². The van der Waals surface area contributed by atoms with Crippen LogP contribution in [0.2, 0.25) is 0 Å². The number of carbonyl (C=O) groups is 2. The maximum absolute atomic E-state index is 11.2. The Morgan fingerprint density at radius 2 is 2.00 bits per heavy atom. The van der Waals surface area contributed by atoms with Gasteiger partial charge in [-0.1, -0.05) is 0 Å². The molecule has 0 aromatic heterocycles. The van der Waals surface area contributed by atoms with E-state index in [1.165, 1.54) is 0 Å². The number of primary amides is 1. The minimum Gasteiger partial charge on any atom is -0.460 e. The number of hydrogen-bond donors (Lipinski definition) is 2. The molecule has 0 aliphatic heterocycles. The van der Waals surface area contributed by atoms with Gasteiger partial charge in [-0.2, -0.15) is 0 Å². The van der Waals surface area contributed by atoms with E-state index in [1.807, 2.05) is 0 Å². The van der Waals surface area contributed by atoms with Crippen LogP contribution in [0.1, 0.15) is 35.0 Å². The van der Waals surface area contributed by atoms with E-state index in [0.717, 1.165) is 0 Å². The normalized spacial score (nSPS) is 16.7. The van der Waals surface area contributed by atoms with Gasteiger partial charge in [0.1, 0.15) is 5.60 Å². The lowest BCUT2D eigenvalue weighted by Crippen LogP contribution is -2.37. The molecule has 14 heavy (non-hydrogen) atoms. The summed E-state index contributed by atoms with van der Waals surface area (Å²) in [5.74, 6) is -1.45. The van der Waals surface area contributed by atoms with Crippen LogP contribution in [0.3, 0.4) is 0 Å². The van der Waals surface area contributed by atoms with Crippen LogP contribution in [0.5, 0.6) is 0 Å². The number of carbonyl (C=O) groups excluding carboxylic acids is 2. The summed E-state index contributed by atoms with van der Waals surface area (Å²) in [6.07, 6.45) is -0.239. The zero-order valence-electron chi connectivity index (χ0n) is 9.79. The molecule has 1 atom stereocenters. The summed E-state index contributed by atoms with van der Waals surface area (Å²) in [4.78, 5) is 21.9. The first-order valence-electron chi connectivity index (χ1n) is 4.85. The van der Waals surface area contributed by atoms with Gasteiger partial charge in [-0.3, -0.25) is 9.59 Å². The summed E-state index contributed by atoms with van der Waals surface area (Å²) < 4.78 is 12.3. The molecule has 0 aliphatic rings. The molecular weight excluding hydrogens is 184 g/mol. The molecule has 0 aliphatic carbocycles. The van der Waals surface area contributed by atoms with E-state index in [0.29, 0.717) is 0 Å². The molecule has 5 nitrogen and oxygen atoms in total. The van der Waals surface area contributed by atoms with Crippen molar-refractivity contribution in [3.05, 3.63) is 0 Å². The van der Waals surface area contributed by atoms with Gasteiger partial charge >= 0.3 is 5.97 Å². The number of amides is 1. The van der Waals surface area contributed by atoms with Crippen molar-refractivity contribution in [1.29, 1.82) is 0 Å². The van der Waals surface area contributed by atoms with Gasteiger partial charge in [0, 0.05) is 6.42 Å². The minimum atomic E-state index is -1.91. The van der Waals surface area contributed by atoms with Gasteiger partial charge < -0.3 is 16.2 Å². The molecule has 1 amide bonds. The zero-order chi connectivity index (χ0) is 12.3. The molecular formula is C9H18N2O3. The lowest BCUT2D eigenvalue weighted by Gasteiger charge is -2.19. The fraction of sp³-hybridized carbons (Fsp3) is 0.778. The molecule has 4 N–H and O–H groups in total. The Kier molecular flexibility index (Phi) is 3.88. The molecule has 82 valence electrons. The van der Waals surface area contributed by atoms with Gasteiger partial charge in [0.15, 0.2) is 0 Å². The van der Waals surface area contributed by atoms with Crippen molar-refractivity contribution in [2.75, 3.05) is 0 Å². The molecule has 0 saturated heterocycles. The highest BCUT2D eigenvalue weighted by Crippen LogP contribution is 2.09. The van der Waals surface area contributed by atoms with E-state index in [9.17, 15) is 9.59 Å². The number of nitrogens with two attached hydrogens (primary N) is 2. The number of rotatable bonds is 4. The first kappa shape index (κ1) is 11.0. The average Bonchev–Trinajstić information content (AvgIpc) is 1.97. The minimum absolute atomic E-state index is 0.0970. The van der Waals surface area contributed by atoms with Crippen molar-refractivity contribution in [3.63, 3.8) is 0 Å². The SMILES string of the molecule is [2H][C@](N)(CCC(=O)OC(C)(C)C)C(N)=O. The largest absolute Gasteiger partial charge is 0.460 e. The molecule has 0 radical (unpaired) electrons. The maximum Gasteiger partial charge on any atom is 0.306 e. The second-order valence-electron chi connectivity index (χ2n) is 3.98. The van der Waals surface area contributed by atoms with Crippen LogP contribution in [-0.4, -0.2) is 23.5 Å². The van der Waals surface area contributed by atoms with Crippen molar-refractivity contribution >= 4 is 11.9 Å². The predicted octanol–water partition coefficient (Wildman–Crippen LogP) is -0.0791. The third-order valence-electron chi connectivity index (χ3n) is 1.33. The third-order valence-corrected chi connectivity index (χ3v) is 1.33. The Balaban J connectivity index is 4.07. The molecule has 5 heteroatoms. The second kappa shape index (κ2) is 4.95. The van der Waals surface area contributed by atoms with Crippen molar-refractivity contribution in [2.24, 2.45) is 11.5 Å². The first-order valence-corrected chi connectivity index (χ1v) is 4.35. The summed E-state index contributed by atoms with van der Waals surface area (Å²) >= 11 is 0. The van der Waals surface area contributed by atoms with Crippen molar-refractivity contribution in [3.8, 4) is 0 Å². The maximum atomic E-state index is 11.2. The van der Waals surface area contributed by atoms with Crippen LogP contribution >= 0.6 is 0 Å². The summed E-state index contributed by atoms with van der Waals surface area (Å²) in [7, 11) is 0.